The number of ether oxygens (including phenoxy) is 1. The van der Waals surface area contributed by atoms with Crippen molar-refractivity contribution in [2.45, 2.75) is 19.8 Å². The van der Waals surface area contributed by atoms with Gasteiger partial charge in [0.25, 0.3) is 6.43 Å². The molecule has 0 bridgehead atoms. The highest BCUT2D eigenvalue weighted by Crippen LogP contribution is 2.28. The van der Waals surface area contributed by atoms with Crippen LogP contribution >= 0.6 is 22.6 Å². The van der Waals surface area contributed by atoms with Crippen molar-refractivity contribution in [1.82, 2.24) is 4.98 Å². The van der Waals surface area contributed by atoms with Crippen LogP contribution in [0.3, 0.4) is 0 Å². The fraction of sp³-hybridized carbons (Fsp3) is 0.400. The van der Waals surface area contributed by atoms with Gasteiger partial charge in [-0.1, -0.05) is 0 Å². The number of hydrogen-bond donors (Lipinski definition) is 0. The summed E-state index contributed by atoms with van der Waals surface area (Å²) in [5.41, 5.74) is -0.624. The van der Waals surface area contributed by atoms with Crippen molar-refractivity contribution in [3.05, 3.63) is 26.8 Å². The van der Waals surface area contributed by atoms with Gasteiger partial charge < -0.3 is 4.74 Å². The van der Waals surface area contributed by atoms with Crippen molar-refractivity contribution in [3.63, 3.8) is 0 Å². The molecule has 0 N–H and O–H groups in total. The van der Waals surface area contributed by atoms with E-state index in [-0.39, 0.29) is 22.3 Å². The molecule has 0 saturated heterocycles. The van der Waals surface area contributed by atoms with Crippen LogP contribution in [0.1, 0.15) is 24.6 Å². The molecule has 0 atom stereocenters. The molecule has 0 aliphatic carbocycles. The van der Waals surface area contributed by atoms with Gasteiger partial charge in [-0.05, 0) is 29.5 Å². The molecule has 0 spiro atoms. The summed E-state index contributed by atoms with van der Waals surface area (Å²) in [7, 11) is 0. The Morgan fingerprint density at radius 3 is 2.76 bits per heavy atom. The summed E-state index contributed by atoms with van der Waals surface area (Å²) in [4.78, 5) is 14.8. The highest BCUT2D eigenvalue weighted by molar-refractivity contribution is 14.1. The molecule has 1 aromatic rings. The SMILES string of the molecule is CCOC(=O)Cc1ncc(F)c(C(F)F)c1I. The first kappa shape index (κ1) is 14.2. The highest BCUT2D eigenvalue weighted by Gasteiger charge is 2.22. The van der Waals surface area contributed by atoms with Crippen molar-refractivity contribution >= 4 is 28.6 Å². The summed E-state index contributed by atoms with van der Waals surface area (Å²) in [6, 6.07) is 0. The van der Waals surface area contributed by atoms with Crippen molar-refractivity contribution in [2.24, 2.45) is 0 Å². The predicted octanol–water partition coefficient (Wildman–Crippen LogP) is 2.87. The number of pyridine rings is 1. The third kappa shape index (κ3) is 3.55. The molecule has 0 aliphatic rings. The Hall–Kier alpha value is -0.860. The van der Waals surface area contributed by atoms with Crippen LogP contribution in [0.4, 0.5) is 13.2 Å². The summed E-state index contributed by atoms with van der Waals surface area (Å²) in [5, 5.41) is 0. The number of hydrogen-bond acceptors (Lipinski definition) is 3. The van der Waals surface area contributed by atoms with E-state index >= 15 is 0 Å². The molecule has 1 heterocycles. The summed E-state index contributed by atoms with van der Waals surface area (Å²) in [6.45, 7) is 1.82. The van der Waals surface area contributed by atoms with Crippen LogP contribution in [-0.2, 0) is 16.0 Å². The van der Waals surface area contributed by atoms with Gasteiger partial charge in [-0.3, -0.25) is 9.78 Å². The Balaban J connectivity index is 3.02. The van der Waals surface area contributed by atoms with Gasteiger partial charge in [0.15, 0.2) is 5.82 Å². The third-order valence-electron chi connectivity index (χ3n) is 1.92. The Morgan fingerprint density at radius 2 is 2.24 bits per heavy atom. The highest BCUT2D eigenvalue weighted by atomic mass is 127. The van der Waals surface area contributed by atoms with E-state index in [1.165, 1.54) is 0 Å². The quantitative estimate of drug-likeness (QED) is 0.613. The van der Waals surface area contributed by atoms with Crippen LogP contribution in [0, 0.1) is 9.39 Å². The number of rotatable bonds is 4. The second-order valence-corrected chi connectivity index (χ2v) is 4.14. The van der Waals surface area contributed by atoms with Crippen LogP contribution in [-0.4, -0.2) is 17.6 Å². The normalized spacial score (nSPS) is 10.7. The second kappa shape index (κ2) is 6.18. The van der Waals surface area contributed by atoms with Crippen molar-refractivity contribution < 1.29 is 22.7 Å². The molecule has 0 radical (unpaired) electrons. The first-order valence-electron chi connectivity index (χ1n) is 4.73. The minimum atomic E-state index is -2.94. The van der Waals surface area contributed by atoms with E-state index in [4.69, 9.17) is 0 Å². The molecule has 1 rings (SSSR count). The molecule has 0 amide bonds. The zero-order valence-electron chi connectivity index (χ0n) is 8.84. The van der Waals surface area contributed by atoms with Crippen LogP contribution in [0.25, 0.3) is 0 Å². The second-order valence-electron chi connectivity index (χ2n) is 3.06. The van der Waals surface area contributed by atoms with Gasteiger partial charge in [-0.25, -0.2) is 13.2 Å². The molecule has 94 valence electrons. The Bertz CT molecular complexity index is 426. The van der Waals surface area contributed by atoms with Crippen molar-refractivity contribution in [3.8, 4) is 0 Å². The number of carbonyl (C=O) groups excluding carboxylic acids is 1. The molecule has 1 aromatic heterocycles. The molecule has 0 saturated carbocycles. The van der Waals surface area contributed by atoms with E-state index in [1.54, 1.807) is 29.5 Å². The van der Waals surface area contributed by atoms with Crippen LogP contribution < -0.4 is 0 Å². The van der Waals surface area contributed by atoms with Gasteiger partial charge in [0.1, 0.15) is 0 Å². The van der Waals surface area contributed by atoms with Gasteiger partial charge in [0, 0.05) is 3.57 Å². The van der Waals surface area contributed by atoms with Gasteiger partial charge in [-0.2, -0.15) is 0 Å². The number of halogens is 4. The summed E-state index contributed by atoms with van der Waals surface area (Å²) >= 11 is 1.55. The molecule has 0 fully saturated rings. The molecule has 0 aliphatic heterocycles. The smallest absolute Gasteiger partial charge is 0.311 e. The molecule has 0 aromatic carbocycles. The maximum atomic E-state index is 13.1. The van der Waals surface area contributed by atoms with E-state index < -0.39 is 23.8 Å². The Labute approximate surface area is 110 Å². The van der Waals surface area contributed by atoms with E-state index in [0.717, 1.165) is 0 Å². The van der Waals surface area contributed by atoms with Gasteiger partial charge in [0.05, 0.1) is 30.5 Å². The fourth-order valence-corrected chi connectivity index (χ4v) is 2.02. The predicted molar refractivity (Wildman–Crippen MR) is 62.2 cm³/mol. The number of alkyl halides is 2. The summed E-state index contributed by atoms with van der Waals surface area (Å²) in [6.07, 6.45) is -2.49. The molecule has 17 heavy (non-hydrogen) atoms. The summed E-state index contributed by atoms with van der Waals surface area (Å²) in [5.74, 6) is -1.65. The first-order valence-corrected chi connectivity index (χ1v) is 5.81. The van der Waals surface area contributed by atoms with Gasteiger partial charge >= 0.3 is 5.97 Å². The molecule has 7 heteroatoms. The van der Waals surface area contributed by atoms with E-state index in [9.17, 15) is 18.0 Å². The summed E-state index contributed by atoms with van der Waals surface area (Å²) < 4.78 is 42.9. The average Bonchev–Trinajstić information content (AvgIpc) is 2.22. The van der Waals surface area contributed by atoms with Gasteiger partial charge in [0.2, 0.25) is 0 Å². The Morgan fingerprint density at radius 1 is 1.59 bits per heavy atom. The van der Waals surface area contributed by atoms with Crippen LogP contribution in [0.15, 0.2) is 6.20 Å². The topological polar surface area (TPSA) is 39.2 Å². The maximum Gasteiger partial charge on any atom is 0.311 e. The largest absolute Gasteiger partial charge is 0.466 e. The fourth-order valence-electron chi connectivity index (χ4n) is 1.19. The standard InChI is InChI=1S/C10H9F3INO2/c1-2-17-7(16)3-6-9(14)8(10(12)13)5(11)4-15-6/h4,10H,2-3H2,1H3. The lowest BCUT2D eigenvalue weighted by molar-refractivity contribution is -0.142. The van der Waals surface area contributed by atoms with Crippen molar-refractivity contribution in [2.75, 3.05) is 6.61 Å². The monoisotopic (exact) mass is 359 g/mol. The number of nitrogens with zero attached hydrogens (tertiary/aromatic N) is 1. The number of esters is 1. The minimum absolute atomic E-state index is 0.0364. The lowest BCUT2D eigenvalue weighted by Crippen LogP contribution is -2.12. The number of aromatic nitrogens is 1. The van der Waals surface area contributed by atoms with E-state index in [2.05, 4.69) is 9.72 Å². The number of carbonyl (C=O) groups is 1. The zero-order chi connectivity index (χ0) is 13.0. The van der Waals surface area contributed by atoms with Crippen LogP contribution in [0.2, 0.25) is 0 Å². The van der Waals surface area contributed by atoms with Crippen LogP contribution in [0.5, 0.6) is 0 Å². The Kier molecular flexibility index (Phi) is 5.16. The van der Waals surface area contributed by atoms with Crippen molar-refractivity contribution in [1.29, 1.82) is 0 Å². The zero-order valence-corrected chi connectivity index (χ0v) is 11.0. The van der Waals surface area contributed by atoms with Gasteiger partial charge in [-0.15, -0.1) is 0 Å². The lowest BCUT2D eigenvalue weighted by Gasteiger charge is -2.09. The molecule has 0 unspecified atom stereocenters. The maximum absolute atomic E-state index is 13.1. The minimum Gasteiger partial charge on any atom is -0.466 e. The lowest BCUT2D eigenvalue weighted by atomic mass is 10.2. The molecular formula is C10H9F3INO2. The van der Waals surface area contributed by atoms with E-state index in [1.807, 2.05) is 0 Å². The first-order chi connectivity index (χ1) is 7.97. The van der Waals surface area contributed by atoms with E-state index in [0.29, 0.717) is 6.20 Å². The average molecular weight is 359 g/mol. The molecule has 3 nitrogen and oxygen atoms in total. The molecular weight excluding hydrogens is 350 g/mol. The third-order valence-corrected chi connectivity index (χ3v) is 3.12.